The molecule has 2 atom stereocenters. The average molecular weight is 250 g/mol. The first kappa shape index (κ1) is 13.3. The van der Waals surface area contributed by atoms with E-state index in [0.29, 0.717) is 5.92 Å². The van der Waals surface area contributed by atoms with Crippen LogP contribution in [0.2, 0.25) is 0 Å². The van der Waals surface area contributed by atoms with Crippen LogP contribution >= 0.6 is 0 Å². The molecule has 1 aliphatic heterocycles. The van der Waals surface area contributed by atoms with E-state index in [1.165, 1.54) is 0 Å². The zero-order valence-corrected chi connectivity index (χ0v) is 11.3. The summed E-state index contributed by atoms with van der Waals surface area (Å²) in [5.41, 5.74) is 7.85. The summed E-state index contributed by atoms with van der Waals surface area (Å²) in [7, 11) is 0. The summed E-state index contributed by atoms with van der Waals surface area (Å²) in [6.07, 6.45) is 2.83. The second kappa shape index (κ2) is 5.70. The maximum absolute atomic E-state index is 14.1. The lowest BCUT2D eigenvalue weighted by Gasteiger charge is -2.23. The Kier molecular flexibility index (Phi) is 4.23. The summed E-state index contributed by atoms with van der Waals surface area (Å²) in [5.74, 6) is 0.544. The number of hydrogen-bond donors (Lipinski definition) is 1. The van der Waals surface area contributed by atoms with E-state index >= 15 is 0 Å². The molecule has 1 saturated heterocycles. The van der Waals surface area contributed by atoms with Crippen molar-refractivity contribution < 1.29 is 4.39 Å². The van der Waals surface area contributed by atoms with Gasteiger partial charge in [-0.2, -0.15) is 0 Å². The van der Waals surface area contributed by atoms with Crippen molar-refractivity contribution >= 4 is 5.69 Å². The van der Waals surface area contributed by atoms with E-state index in [0.717, 1.165) is 43.6 Å². The molecule has 100 valence electrons. The molecule has 0 aliphatic carbocycles. The van der Waals surface area contributed by atoms with Crippen LogP contribution in [0.25, 0.3) is 0 Å². The normalized spacial score (nSPS) is 21.3. The number of nitrogens with two attached hydrogens (primary N) is 1. The highest BCUT2D eigenvalue weighted by atomic mass is 19.1. The molecule has 2 N–H and O–H groups in total. The number of halogens is 1. The molecule has 2 rings (SSSR count). The summed E-state index contributed by atoms with van der Waals surface area (Å²) >= 11 is 0. The van der Waals surface area contributed by atoms with Crippen molar-refractivity contribution in [3.05, 3.63) is 29.6 Å². The molecule has 2 unspecified atom stereocenters. The van der Waals surface area contributed by atoms with Gasteiger partial charge >= 0.3 is 0 Å². The summed E-state index contributed by atoms with van der Waals surface area (Å²) in [6.45, 7) is 6.20. The quantitative estimate of drug-likeness (QED) is 0.890. The highest BCUT2D eigenvalue weighted by Crippen LogP contribution is 2.30. The summed E-state index contributed by atoms with van der Waals surface area (Å²) in [4.78, 5) is 2.18. The summed E-state index contributed by atoms with van der Waals surface area (Å²) < 4.78 is 14.1. The Labute approximate surface area is 109 Å². The Morgan fingerprint density at radius 1 is 1.50 bits per heavy atom. The SMILES string of the molecule is CCC(N)Cc1cccc(F)c1N1CCC(C)C1. The van der Waals surface area contributed by atoms with Gasteiger partial charge in [0, 0.05) is 19.1 Å². The second-order valence-electron chi connectivity index (χ2n) is 5.46. The van der Waals surface area contributed by atoms with Gasteiger partial charge in [0.2, 0.25) is 0 Å². The van der Waals surface area contributed by atoms with Crippen molar-refractivity contribution in [2.45, 2.75) is 39.2 Å². The first-order chi connectivity index (χ1) is 8.61. The van der Waals surface area contributed by atoms with E-state index in [4.69, 9.17) is 5.73 Å². The van der Waals surface area contributed by atoms with E-state index in [9.17, 15) is 4.39 Å². The fourth-order valence-electron chi connectivity index (χ4n) is 2.64. The number of benzene rings is 1. The lowest BCUT2D eigenvalue weighted by molar-refractivity contribution is 0.607. The molecule has 0 bridgehead atoms. The van der Waals surface area contributed by atoms with Crippen molar-refractivity contribution in [2.24, 2.45) is 11.7 Å². The molecule has 0 saturated carbocycles. The first-order valence-electron chi connectivity index (χ1n) is 6.89. The highest BCUT2D eigenvalue weighted by Gasteiger charge is 2.23. The molecule has 0 amide bonds. The third-order valence-corrected chi connectivity index (χ3v) is 3.82. The molecule has 1 aromatic rings. The Hall–Kier alpha value is -1.09. The number of rotatable bonds is 4. The van der Waals surface area contributed by atoms with Crippen LogP contribution in [-0.2, 0) is 6.42 Å². The number of para-hydroxylation sites is 1. The Balaban J connectivity index is 2.26. The minimum Gasteiger partial charge on any atom is -0.369 e. The monoisotopic (exact) mass is 250 g/mol. The molecule has 18 heavy (non-hydrogen) atoms. The van der Waals surface area contributed by atoms with Crippen LogP contribution in [0.1, 0.15) is 32.3 Å². The Bertz CT molecular complexity index is 405. The fourth-order valence-corrected chi connectivity index (χ4v) is 2.64. The van der Waals surface area contributed by atoms with Gasteiger partial charge in [-0.15, -0.1) is 0 Å². The molecular formula is C15H23FN2. The predicted molar refractivity (Wildman–Crippen MR) is 74.4 cm³/mol. The third kappa shape index (κ3) is 2.83. The lowest BCUT2D eigenvalue weighted by atomic mass is 10.0. The fraction of sp³-hybridized carbons (Fsp3) is 0.600. The van der Waals surface area contributed by atoms with Crippen LogP contribution in [-0.4, -0.2) is 19.1 Å². The van der Waals surface area contributed by atoms with E-state index in [1.807, 2.05) is 6.07 Å². The van der Waals surface area contributed by atoms with Crippen LogP contribution < -0.4 is 10.6 Å². The molecule has 0 aromatic heterocycles. The Morgan fingerprint density at radius 3 is 2.89 bits per heavy atom. The minimum absolute atomic E-state index is 0.107. The topological polar surface area (TPSA) is 29.3 Å². The van der Waals surface area contributed by atoms with Crippen LogP contribution in [0.15, 0.2) is 18.2 Å². The van der Waals surface area contributed by atoms with Crippen molar-refractivity contribution in [3.63, 3.8) is 0 Å². The van der Waals surface area contributed by atoms with Gasteiger partial charge in [0.1, 0.15) is 5.82 Å². The molecule has 0 spiro atoms. The number of nitrogens with zero attached hydrogens (tertiary/aromatic N) is 1. The van der Waals surface area contributed by atoms with Gasteiger partial charge in [0.25, 0.3) is 0 Å². The molecule has 0 radical (unpaired) electrons. The largest absolute Gasteiger partial charge is 0.369 e. The van der Waals surface area contributed by atoms with Crippen molar-refractivity contribution in [1.82, 2.24) is 0 Å². The molecule has 1 fully saturated rings. The lowest BCUT2D eigenvalue weighted by Crippen LogP contribution is -2.26. The molecule has 3 heteroatoms. The van der Waals surface area contributed by atoms with E-state index in [2.05, 4.69) is 18.7 Å². The van der Waals surface area contributed by atoms with Gasteiger partial charge in [-0.05, 0) is 36.8 Å². The first-order valence-corrected chi connectivity index (χ1v) is 6.89. The van der Waals surface area contributed by atoms with Gasteiger partial charge in [-0.1, -0.05) is 26.0 Å². The van der Waals surface area contributed by atoms with Crippen LogP contribution in [0.4, 0.5) is 10.1 Å². The standard InChI is InChI=1S/C15H23FN2/c1-3-13(17)9-12-5-4-6-14(16)15(12)18-8-7-11(2)10-18/h4-6,11,13H,3,7-10,17H2,1-2H3. The van der Waals surface area contributed by atoms with Crippen molar-refractivity contribution in [1.29, 1.82) is 0 Å². The van der Waals surface area contributed by atoms with Crippen molar-refractivity contribution in [2.75, 3.05) is 18.0 Å². The van der Waals surface area contributed by atoms with Crippen LogP contribution in [0, 0.1) is 11.7 Å². The van der Waals surface area contributed by atoms with E-state index < -0.39 is 0 Å². The van der Waals surface area contributed by atoms with Gasteiger partial charge in [0.15, 0.2) is 0 Å². The second-order valence-corrected chi connectivity index (χ2v) is 5.46. The van der Waals surface area contributed by atoms with Gasteiger partial charge in [-0.3, -0.25) is 0 Å². The minimum atomic E-state index is -0.107. The maximum atomic E-state index is 14.1. The van der Waals surface area contributed by atoms with Gasteiger partial charge < -0.3 is 10.6 Å². The smallest absolute Gasteiger partial charge is 0.146 e. The summed E-state index contributed by atoms with van der Waals surface area (Å²) in [6, 6.07) is 5.47. The molecular weight excluding hydrogens is 227 g/mol. The number of hydrogen-bond acceptors (Lipinski definition) is 2. The van der Waals surface area contributed by atoms with E-state index in [1.54, 1.807) is 12.1 Å². The predicted octanol–water partition coefficient (Wildman–Crippen LogP) is 2.95. The van der Waals surface area contributed by atoms with Crippen LogP contribution in [0.3, 0.4) is 0 Å². The zero-order valence-electron chi connectivity index (χ0n) is 11.3. The zero-order chi connectivity index (χ0) is 13.1. The van der Waals surface area contributed by atoms with E-state index in [-0.39, 0.29) is 11.9 Å². The number of anilines is 1. The van der Waals surface area contributed by atoms with Gasteiger partial charge in [-0.25, -0.2) is 4.39 Å². The molecule has 2 nitrogen and oxygen atoms in total. The third-order valence-electron chi connectivity index (χ3n) is 3.82. The highest BCUT2D eigenvalue weighted by molar-refractivity contribution is 5.56. The maximum Gasteiger partial charge on any atom is 0.146 e. The van der Waals surface area contributed by atoms with Gasteiger partial charge in [0.05, 0.1) is 5.69 Å². The van der Waals surface area contributed by atoms with Crippen LogP contribution in [0.5, 0.6) is 0 Å². The average Bonchev–Trinajstić information content (AvgIpc) is 2.75. The van der Waals surface area contributed by atoms with Crippen molar-refractivity contribution in [3.8, 4) is 0 Å². The molecule has 1 heterocycles. The summed E-state index contributed by atoms with van der Waals surface area (Å²) in [5, 5.41) is 0. The molecule has 1 aliphatic rings. The Morgan fingerprint density at radius 2 is 2.28 bits per heavy atom. The molecule has 1 aromatic carbocycles.